The van der Waals surface area contributed by atoms with E-state index in [0.29, 0.717) is 11.8 Å². The van der Waals surface area contributed by atoms with Crippen LogP contribution in [0.1, 0.15) is 49.5 Å². The van der Waals surface area contributed by atoms with Crippen molar-refractivity contribution >= 4 is 16.3 Å². The zero-order valence-corrected chi connectivity index (χ0v) is 17.7. The molecule has 4 rings (SSSR count). The summed E-state index contributed by atoms with van der Waals surface area (Å²) >= 11 is 1.53. The molecule has 1 N–H and O–H groups in total. The molecule has 0 spiro atoms. The van der Waals surface area contributed by atoms with E-state index in [2.05, 4.69) is 41.0 Å². The lowest BCUT2D eigenvalue weighted by atomic mass is 9.89. The van der Waals surface area contributed by atoms with Crippen LogP contribution in [0, 0.1) is 11.8 Å². The van der Waals surface area contributed by atoms with Gasteiger partial charge in [0.15, 0.2) is 5.82 Å². The third-order valence-corrected chi connectivity index (χ3v) is 6.55. The Balaban J connectivity index is 1.82. The van der Waals surface area contributed by atoms with Crippen molar-refractivity contribution in [3.63, 3.8) is 0 Å². The number of thiazole rings is 1. The van der Waals surface area contributed by atoms with E-state index in [0.717, 1.165) is 46.5 Å². The van der Waals surface area contributed by atoms with Crippen molar-refractivity contribution in [1.29, 1.82) is 0 Å². The van der Waals surface area contributed by atoms with Crippen molar-refractivity contribution in [3.05, 3.63) is 40.5 Å². The van der Waals surface area contributed by atoms with E-state index in [9.17, 15) is 5.11 Å². The van der Waals surface area contributed by atoms with E-state index in [1.54, 1.807) is 11.6 Å². The van der Waals surface area contributed by atoms with Crippen molar-refractivity contribution in [2.24, 2.45) is 11.8 Å². The van der Waals surface area contributed by atoms with Gasteiger partial charge in [0.25, 0.3) is 0 Å². The van der Waals surface area contributed by atoms with Gasteiger partial charge in [0.1, 0.15) is 5.75 Å². The summed E-state index contributed by atoms with van der Waals surface area (Å²) in [5, 5.41) is 15.5. The van der Waals surface area contributed by atoms with E-state index in [-0.39, 0.29) is 11.9 Å². The standard InChI is InChI=1S/C21H28N4O2S/c1-5-17-22-21-25(23-17)20(26)19(28-21)18(15-7-6-8-16(10-15)27-4)24-11-13(2)9-14(3)12-24/h6-8,10,13-14,18,26H,5,9,11-12H2,1-4H3/t13-,14-,18+/m1/s1. The fourth-order valence-electron chi connectivity index (χ4n) is 4.38. The van der Waals surface area contributed by atoms with Gasteiger partial charge in [0.2, 0.25) is 10.8 Å². The Morgan fingerprint density at radius 2 is 2.04 bits per heavy atom. The van der Waals surface area contributed by atoms with Crippen LogP contribution in [0.5, 0.6) is 11.6 Å². The number of likely N-dealkylation sites (tertiary alicyclic amines) is 1. The molecule has 150 valence electrons. The maximum atomic E-state index is 11.0. The monoisotopic (exact) mass is 400 g/mol. The molecule has 3 atom stereocenters. The first-order chi connectivity index (χ1) is 13.5. The molecule has 3 aromatic rings. The second-order valence-electron chi connectivity index (χ2n) is 7.94. The maximum absolute atomic E-state index is 11.0. The summed E-state index contributed by atoms with van der Waals surface area (Å²) < 4.78 is 7.05. The number of nitrogens with zero attached hydrogens (tertiary/aromatic N) is 4. The summed E-state index contributed by atoms with van der Waals surface area (Å²) in [5.74, 6) is 3.02. The van der Waals surface area contributed by atoms with Gasteiger partial charge in [0, 0.05) is 19.5 Å². The lowest BCUT2D eigenvalue weighted by Crippen LogP contribution is -2.41. The lowest BCUT2D eigenvalue weighted by Gasteiger charge is -2.40. The minimum atomic E-state index is -0.0427. The predicted molar refractivity (Wildman–Crippen MR) is 111 cm³/mol. The van der Waals surface area contributed by atoms with Gasteiger partial charge in [-0.1, -0.05) is 44.2 Å². The summed E-state index contributed by atoms with van der Waals surface area (Å²) in [4.78, 5) is 8.69. The minimum absolute atomic E-state index is 0.0427. The third kappa shape index (κ3) is 3.49. The van der Waals surface area contributed by atoms with Crippen LogP contribution < -0.4 is 4.74 Å². The Hall–Kier alpha value is -2.12. The highest BCUT2D eigenvalue weighted by atomic mass is 32.1. The molecule has 7 heteroatoms. The van der Waals surface area contributed by atoms with Gasteiger partial charge in [-0.3, -0.25) is 4.90 Å². The second kappa shape index (κ2) is 7.72. The molecule has 1 fully saturated rings. The molecule has 1 aliphatic heterocycles. The average molecular weight is 401 g/mol. The molecule has 0 aliphatic carbocycles. The highest BCUT2D eigenvalue weighted by Crippen LogP contribution is 2.42. The van der Waals surface area contributed by atoms with Gasteiger partial charge in [-0.25, -0.2) is 4.98 Å². The Morgan fingerprint density at radius 1 is 1.29 bits per heavy atom. The van der Waals surface area contributed by atoms with Crippen molar-refractivity contribution in [1.82, 2.24) is 19.5 Å². The number of aromatic nitrogens is 3. The summed E-state index contributed by atoms with van der Waals surface area (Å²) in [6, 6.07) is 8.11. The van der Waals surface area contributed by atoms with Crippen molar-refractivity contribution < 1.29 is 9.84 Å². The first kappa shape index (κ1) is 19.2. The molecular weight excluding hydrogens is 372 g/mol. The van der Waals surface area contributed by atoms with Gasteiger partial charge in [-0.15, -0.1) is 5.10 Å². The number of hydrogen-bond donors (Lipinski definition) is 1. The van der Waals surface area contributed by atoms with Gasteiger partial charge in [0.05, 0.1) is 18.0 Å². The first-order valence-corrected chi connectivity index (χ1v) is 10.8. The van der Waals surface area contributed by atoms with E-state index in [1.807, 2.05) is 19.1 Å². The molecule has 1 aromatic carbocycles. The van der Waals surface area contributed by atoms with Crippen LogP contribution >= 0.6 is 11.3 Å². The van der Waals surface area contributed by atoms with E-state index >= 15 is 0 Å². The Labute approximate surface area is 169 Å². The molecular formula is C21H28N4O2S. The summed E-state index contributed by atoms with van der Waals surface area (Å²) in [6.45, 7) is 8.63. The molecule has 0 bridgehead atoms. The van der Waals surface area contributed by atoms with E-state index in [1.165, 1.54) is 17.8 Å². The first-order valence-electron chi connectivity index (χ1n) is 9.95. The van der Waals surface area contributed by atoms with Crippen molar-refractivity contribution in [2.75, 3.05) is 20.2 Å². The number of aryl methyl sites for hydroxylation is 1. The minimum Gasteiger partial charge on any atom is -0.497 e. The molecule has 1 aliphatic rings. The van der Waals surface area contributed by atoms with E-state index < -0.39 is 0 Å². The van der Waals surface area contributed by atoms with Crippen LogP contribution in [0.4, 0.5) is 0 Å². The van der Waals surface area contributed by atoms with Crippen LogP contribution in [0.3, 0.4) is 0 Å². The smallest absolute Gasteiger partial charge is 0.230 e. The van der Waals surface area contributed by atoms with Crippen molar-refractivity contribution in [2.45, 2.75) is 39.7 Å². The van der Waals surface area contributed by atoms with Crippen LogP contribution in [-0.2, 0) is 6.42 Å². The number of methoxy groups -OCH3 is 1. The zero-order valence-electron chi connectivity index (χ0n) is 16.9. The number of ether oxygens (including phenoxy) is 1. The van der Waals surface area contributed by atoms with Gasteiger partial charge in [-0.05, 0) is 36.0 Å². The topological polar surface area (TPSA) is 62.9 Å². The normalized spacial score (nSPS) is 21.9. The second-order valence-corrected chi connectivity index (χ2v) is 8.95. The Bertz CT molecular complexity index is 957. The number of rotatable bonds is 5. The van der Waals surface area contributed by atoms with Crippen molar-refractivity contribution in [3.8, 4) is 11.6 Å². The van der Waals surface area contributed by atoms with Crippen LogP contribution in [0.2, 0.25) is 0 Å². The molecule has 3 heterocycles. The maximum Gasteiger partial charge on any atom is 0.230 e. The number of benzene rings is 1. The molecule has 2 aromatic heterocycles. The number of piperidine rings is 1. The summed E-state index contributed by atoms with van der Waals surface area (Å²) in [5.41, 5.74) is 1.12. The van der Waals surface area contributed by atoms with Crippen LogP contribution in [0.25, 0.3) is 4.96 Å². The largest absolute Gasteiger partial charge is 0.497 e. The third-order valence-electron chi connectivity index (χ3n) is 5.48. The molecule has 28 heavy (non-hydrogen) atoms. The molecule has 0 amide bonds. The highest BCUT2D eigenvalue weighted by Gasteiger charge is 2.33. The average Bonchev–Trinajstić information content (AvgIpc) is 3.21. The molecule has 0 saturated carbocycles. The summed E-state index contributed by atoms with van der Waals surface area (Å²) in [6.07, 6.45) is 1.99. The van der Waals surface area contributed by atoms with Gasteiger partial charge in [-0.2, -0.15) is 4.52 Å². The molecule has 1 saturated heterocycles. The van der Waals surface area contributed by atoms with E-state index in [4.69, 9.17) is 4.74 Å². The molecule has 6 nitrogen and oxygen atoms in total. The van der Waals surface area contributed by atoms with Gasteiger partial charge < -0.3 is 9.84 Å². The van der Waals surface area contributed by atoms with Gasteiger partial charge >= 0.3 is 0 Å². The zero-order chi connectivity index (χ0) is 19.8. The van der Waals surface area contributed by atoms with Crippen LogP contribution in [0.15, 0.2) is 24.3 Å². The highest BCUT2D eigenvalue weighted by molar-refractivity contribution is 7.17. The Morgan fingerprint density at radius 3 is 2.68 bits per heavy atom. The lowest BCUT2D eigenvalue weighted by molar-refractivity contribution is 0.111. The Kier molecular flexibility index (Phi) is 5.29. The molecule has 0 radical (unpaired) electrons. The predicted octanol–water partition coefficient (Wildman–Crippen LogP) is 4.13. The quantitative estimate of drug-likeness (QED) is 0.698. The SMILES string of the molecule is CCc1nc2sc([C@H](c3cccc(OC)c3)N3C[C@H](C)C[C@@H](C)C3)c(O)n2n1. The fraction of sp³-hybridized carbons (Fsp3) is 0.524. The molecule has 0 unspecified atom stereocenters. The number of hydrogen-bond acceptors (Lipinski definition) is 6. The fourth-order valence-corrected chi connectivity index (χ4v) is 5.52. The van der Waals surface area contributed by atoms with Crippen LogP contribution in [-0.4, -0.2) is 44.8 Å². The summed E-state index contributed by atoms with van der Waals surface area (Å²) in [7, 11) is 1.69. The number of fused-ring (bicyclic) bond motifs is 1. The number of aromatic hydroxyl groups is 1.